The molecule has 0 saturated heterocycles. The number of carbonyl (C=O) groups is 2. The zero-order valence-electron chi connectivity index (χ0n) is 14.8. The number of hydrogen-bond acceptors (Lipinski definition) is 6. The summed E-state index contributed by atoms with van der Waals surface area (Å²) in [4.78, 5) is 25.6. The molecule has 0 saturated carbocycles. The van der Waals surface area contributed by atoms with E-state index in [-0.39, 0.29) is 5.76 Å². The van der Waals surface area contributed by atoms with Crippen LogP contribution in [0.1, 0.15) is 58.5 Å². The molecule has 1 N–H and O–H groups in total. The van der Waals surface area contributed by atoms with Crippen LogP contribution in [0.3, 0.4) is 0 Å². The van der Waals surface area contributed by atoms with Crippen LogP contribution in [0.5, 0.6) is 0 Å². The van der Waals surface area contributed by atoms with E-state index >= 15 is 0 Å². The molecule has 0 fully saturated rings. The SMILES string of the molecule is Cc1ccc(C(=O)OC(C)C(=O)Nc2sc3c(c2C#N)CCCCC3)o1. The minimum atomic E-state index is -0.999. The monoisotopic (exact) mass is 372 g/mol. The number of rotatable bonds is 4. The molecular weight excluding hydrogens is 352 g/mol. The van der Waals surface area contributed by atoms with Gasteiger partial charge in [0.1, 0.15) is 16.8 Å². The van der Waals surface area contributed by atoms with Crippen LogP contribution < -0.4 is 5.32 Å². The Bertz CT molecular complexity index is 875. The standard InChI is InChI=1S/C19H20N2O4S/c1-11-8-9-15(24-11)19(23)25-12(2)17(22)21-18-14(10-20)13-6-4-3-5-7-16(13)26-18/h8-9,12H,3-7H2,1-2H3,(H,21,22). The van der Waals surface area contributed by atoms with Crippen LogP contribution >= 0.6 is 11.3 Å². The number of anilines is 1. The summed E-state index contributed by atoms with van der Waals surface area (Å²) >= 11 is 1.45. The lowest BCUT2D eigenvalue weighted by Crippen LogP contribution is -2.29. The first kappa shape index (κ1) is 18.2. The molecule has 2 aromatic rings. The Morgan fingerprint density at radius 1 is 1.31 bits per heavy atom. The molecule has 7 heteroatoms. The molecule has 3 rings (SSSR count). The van der Waals surface area contributed by atoms with Crippen molar-refractivity contribution < 1.29 is 18.7 Å². The van der Waals surface area contributed by atoms with Crippen molar-refractivity contribution in [2.24, 2.45) is 0 Å². The molecule has 136 valence electrons. The Balaban J connectivity index is 1.69. The fraction of sp³-hybridized carbons (Fsp3) is 0.421. The number of fused-ring (bicyclic) bond motifs is 1. The summed E-state index contributed by atoms with van der Waals surface area (Å²) in [6, 6.07) is 5.38. The largest absolute Gasteiger partial charge is 0.454 e. The molecule has 0 radical (unpaired) electrons. The summed E-state index contributed by atoms with van der Waals surface area (Å²) in [6.45, 7) is 3.21. The summed E-state index contributed by atoms with van der Waals surface area (Å²) in [7, 11) is 0. The van der Waals surface area contributed by atoms with Crippen molar-refractivity contribution in [2.75, 3.05) is 5.32 Å². The van der Waals surface area contributed by atoms with Crippen molar-refractivity contribution in [1.29, 1.82) is 5.26 Å². The minimum Gasteiger partial charge on any atom is -0.454 e. The lowest BCUT2D eigenvalue weighted by molar-refractivity contribution is -0.123. The van der Waals surface area contributed by atoms with Gasteiger partial charge in [-0.1, -0.05) is 6.42 Å². The topological polar surface area (TPSA) is 92.3 Å². The first-order chi connectivity index (χ1) is 12.5. The predicted octanol–water partition coefficient (Wildman–Crippen LogP) is 3.97. The van der Waals surface area contributed by atoms with E-state index in [9.17, 15) is 14.9 Å². The van der Waals surface area contributed by atoms with Gasteiger partial charge in [0.05, 0.1) is 5.56 Å². The smallest absolute Gasteiger partial charge is 0.375 e. The van der Waals surface area contributed by atoms with E-state index in [1.807, 2.05) is 0 Å². The van der Waals surface area contributed by atoms with Crippen LogP contribution in [0.4, 0.5) is 5.00 Å². The molecule has 26 heavy (non-hydrogen) atoms. The average molecular weight is 372 g/mol. The van der Waals surface area contributed by atoms with Crippen molar-refractivity contribution in [2.45, 2.75) is 52.1 Å². The summed E-state index contributed by atoms with van der Waals surface area (Å²) in [6.07, 6.45) is 4.12. The number of nitriles is 1. The number of thiophene rings is 1. The maximum absolute atomic E-state index is 12.4. The third kappa shape index (κ3) is 3.81. The number of esters is 1. The van der Waals surface area contributed by atoms with E-state index in [0.717, 1.165) is 37.7 Å². The van der Waals surface area contributed by atoms with E-state index in [1.165, 1.54) is 29.2 Å². The fourth-order valence-corrected chi connectivity index (χ4v) is 4.22. The molecule has 1 atom stereocenters. The maximum Gasteiger partial charge on any atom is 0.375 e. The number of amides is 1. The second-order valence-corrected chi connectivity index (χ2v) is 7.43. The van der Waals surface area contributed by atoms with Crippen molar-refractivity contribution in [3.63, 3.8) is 0 Å². The highest BCUT2D eigenvalue weighted by Gasteiger charge is 2.25. The molecule has 0 spiro atoms. The van der Waals surface area contributed by atoms with Crippen LogP contribution in [-0.2, 0) is 22.4 Å². The molecule has 2 aromatic heterocycles. The van der Waals surface area contributed by atoms with Gasteiger partial charge in [0, 0.05) is 4.88 Å². The minimum absolute atomic E-state index is 0.0581. The van der Waals surface area contributed by atoms with Crippen LogP contribution in [0.15, 0.2) is 16.5 Å². The fourth-order valence-electron chi connectivity index (χ4n) is 2.98. The van der Waals surface area contributed by atoms with Crippen LogP contribution in [-0.4, -0.2) is 18.0 Å². The molecule has 1 amide bonds. The summed E-state index contributed by atoms with van der Waals surface area (Å²) in [5.74, 6) is -0.506. The van der Waals surface area contributed by atoms with E-state index in [2.05, 4.69) is 11.4 Å². The van der Waals surface area contributed by atoms with Crippen LogP contribution in [0.2, 0.25) is 0 Å². The summed E-state index contributed by atoms with van der Waals surface area (Å²) in [5.41, 5.74) is 1.60. The third-order valence-electron chi connectivity index (χ3n) is 4.36. The quantitative estimate of drug-likeness (QED) is 0.647. The molecule has 0 aliphatic heterocycles. The normalized spacial score (nSPS) is 14.7. The van der Waals surface area contributed by atoms with Gasteiger partial charge >= 0.3 is 5.97 Å². The van der Waals surface area contributed by atoms with E-state index in [1.54, 1.807) is 13.0 Å². The lowest BCUT2D eigenvalue weighted by atomic mass is 10.1. The van der Waals surface area contributed by atoms with Gasteiger partial charge in [-0.3, -0.25) is 4.79 Å². The highest BCUT2D eigenvalue weighted by Crippen LogP contribution is 2.37. The zero-order valence-corrected chi connectivity index (χ0v) is 15.6. The molecule has 2 heterocycles. The molecule has 0 bridgehead atoms. The second kappa shape index (κ2) is 7.75. The van der Waals surface area contributed by atoms with Gasteiger partial charge < -0.3 is 14.5 Å². The number of nitrogens with zero attached hydrogens (tertiary/aromatic N) is 1. The first-order valence-corrected chi connectivity index (χ1v) is 9.44. The molecule has 1 unspecified atom stereocenters. The number of aryl methyl sites for hydroxylation is 2. The highest BCUT2D eigenvalue weighted by atomic mass is 32.1. The van der Waals surface area contributed by atoms with Gasteiger partial charge in [0.2, 0.25) is 5.76 Å². The second-order valence-electron chi connectivity index (χ2n) is 6.33. The Hall–Kier alpha value is -2.59. The van der Waals surface area contributed by atoms with Crippen molar-refractivity contribution >= 4 is 28.2 Å². The van der Waals surface area contributed by atoms with E-state index < -0.39 is 18.0 Å². The van der Waals surface area contributed by atoms with Crippen LogP contribution in [0.25, 0.3) is 0 Å². The Kier molecular flexibility index (Phi) is 5.43. The Morgan fingerprint density at radius 3 is 2.77 bits per heavy atom. The lowest BCUT2D eigenvalue weighted by Gasteiger charge is -2.12. The van der Waals surface area contributed by atoms with Gasteiger partial charge in [-0.15, -0.1) is 11.3 Å². The molecular formula is C19H20N2O4S. The molecule has 0 aromatic carbocycles. The average Bonchev–Trinajstić information content (AvgIpc) is 3.10. The number of nitrogens with one attached hydrogen (secondary N) is 1. The van der Waals surface area contributed by atoms with Gasteiger partial charge in [-0.2, -0.15) is 5.26 Å². The maximum atomic E-state index is 12.4. The predicted molar refractivity (Wildman–Crippen MR) is 97.2 cm³/mol. The summed E-state index contributed by atoms with van der Waals surface area (Å²) in [5, 5.41) is 12.8. The highest BCUT2D eigenvalue weighted by molar-refractivity contribution is 7.16. The summed E-state index contributed by atoms with van der Waals surface area (Å²) < 4.78 is 10.4. The third-order valence-corrected chi connectivity index (χ3v) is 5.57. The van der Waals surface area contributed by atoms with E-state index in [4.69, 9.17) is 9.15 Å². The molecule has 1 aliphatic carbocycles. The Labute approximate surface area is 155 Å². The van der Waals surface area contributed by atoms with Crippen LogP contribution in [0, 0.1) is 18.3 Å². The van der Waals surface area contributed by atoms with E-state index in [0.29, 0.717) is 16.3 Å². The number of ether oxygens (including phenoxy) is 1. The molecule has 6 nitrogen and oxygen atoms in total. The number of hydrogen-bond donors (Lipinski definition) is 1. The first-order valence-electron chi connectivity index (χ1n) is 8.62. The van der Waals surface area contributed by atoms with Gasteiger partial charge in [0.15, 0.2) is 6.10 Å². The van der Waals surface area contributed by atoms with Gasteiger partial charge in [-0.05, 0) is 57.2 Å². The van der Waals surface area contributed by atoms with Crippen molar-refractivity contribution in [3.8, 4) is 6.07 Å². The van der Waals surface area contributed by atoms with Crippen molar-refractivity contribution in [3.05, 3.63) is 39.7 Å². The zero-order chi connectivity index (χ0) is 18.7. The number of furan rings is 1. The number of carbonyl (C=O) groups excluding carboxylic acids is 2. The van der Waals surface area contributed by atoms with Gasteiger partial charge in [-0.25, -0.2) is 4.79 Å². The van der Waals surface area contributed by atoms with Gasteiger partial charge in [0.25, 0.3) is 5.91 Å². The molecule has 1 aliphatic rings. The van der Waals surface area contributed by atoms with Crippen molar-refractivity contribution in [1.82, 2.24) is 0 Å². The Morgan fingerprint density at radius 2 is 2.08 bits per heavy atom.